The van der Waals surface area contributed by atoms with Crippen molar-refractivity contribution in [3.8, 4) is 5.75 Å². The standard InChI is InChI=1S/C19H18FN3O3S/c1-12-4-3-5-15(10-12)21-17(24)11-27-19-23-22-18(26-19)13(2)25-16-8-6-14(20)7-9-16/h3-10,13H,11H2,1-2H3,(H,21,24)/t13-/m0/s1. The van der Waals surface area contributed by atoms with Crippen LogP contribution in [0.3, 0.4) is 0 Å². The van der Waals surface area contributed by atoms with Crippen molar-refractivity contribution in [1.82, 2.24) is 10.2 Å². The smallest absolute Gasteiger partial charge is 0.277 e. The van der Waals surface area contributed by atoms with Crippen molar-refractivity contribution in [3.05, 3.63) is 65.8 Å². The molecular weight excluding hydrogens is 369 g/mol. The fourth-order valence-electron chi connectivity index (χ4n) is 2.26. The number of carbonyl (C=O) groups excluding carboxylic acids is 1. The Bertz CT molecular complexity index is 915. The van der Waals surface area contributed by atoms with Gasteiger partial charge in [-0.25, -0.2) is 4.39 Å². The zero-order valence-electron chi connectivity index (χ0n) is 14.8. The van der Waals surface area contributed by atoms with Crippen LogP contribution in [0.5, 0.6) is 5.75 Å². The zero-order valence-corrected chi connectivity index (χ0v) is 15.6. The first-order valence-electron chi connectivity index (χ1n) is 8.24. The molecule has 0 unspecified atom stereocenters. The van der Waals surface area contributed by atoms with Gasteiger partial charge < -0.3 is 14.5 Å². The average Bonchev–Trinajstić information content (AvgIpc) is 3.11. The highest BCUT2D eigenvalue weighted by Gasteiger charge is 2.17. The van der Waals surface area contributed by atoms with Gasteiger partial charge in [-0.3, -0.25) is 4.79 Å². The molecule has 0 radical (unpaired) electrons. The third-order valence-corrected chi connectivity index (χ3v) is 4.34. The van der Waals surface area contributed by atoms with E-state index in [2.05, 4.69) is 15.5 Å². The first-order valence-corrected chi connectivity index (χ1v) is 9.23. The summed E-state index contributed by atoms with van der Waals surface area (Å²) in [6, 6.07) is 13.2. The van der Waals surface area contributed by atoms with E-state index in [1.165, 1.54) is 24.3 Å². The van der Waals surface area contributed by atoms with Crippen LogP contribution < -0.4 is 10.1 Å². The summed E-state index contributed by atoms with van der Waals surface area (Å²) in [5.41, 5.74) is 1.81. The minimum atomic E-state index is -0.501. The monoisotopic (exact) mass is 387 g/mol. The lowest BCUT2D eigenvalue weighted by atomic mass is 10.2. The highest BCUT2D eigenvalue weighted by atomic mass is 32.2. The molecule has 1 heterocycles. The lowest BCUT2D eigenvalue weighted by Gasteiger charge is -2.10. The Kier molecular flexibility index (Phi) is 6.08. The molecule has 1 aromatic heterocycles. The van der Waals surface area contributed by atoms with Crippen LogP contribution in [0, 0.1) is 12.7 Å². The summed E-state index contributed by atoms with van der Waals surface area (Å²) in [6.45, 7) is 3.70. The number of aryl methyl sites for hydroxylation is 1. The van der Waals surface area contributed by atoms with Gasteiger partial charge in [0.15, 0.2) is 6.10 Å². The third kappa shape index (κ3) is 5.55. The number of ether oxygens (including phenoxy) is 1. The Morgan fingerprint density at radius 2 is 2.04 bits per heavy atom. The topological polar surface area (TPSA) is 77.2 Å². The van der Waals surface area contributed by atoms with Gasteiger partial charge in [-0.1, -0.05) is 23.9 Å². The molecule has 140 valence electrons. The molecule has 1 atom stereocenters. The van der Waals surface area contributed by atoms with E-state index in [0.717, 1.165) is 23.0 Å². The van der Waals surface area contributed by atoms with Gasteiger partial charge in [-0.05, 0) is 55.8 Å². The Morgan fingerprint density at radius 1 is 1.26 bits per heavy atom. The highest BCUT2D eigenvalue weighted by Crippen LogP contribution is 2.24. The van der Waals surface area contributed by atoms with Crippen LogP contribution in [0.1, 0.15) is 24.5 Å². The second kappa shape index (κ2) is 8.68. The molecule has 0 saturated heterocycles. The maximum absolute atomic E-state index is 12.9. The normalized spacial score (nSPS) is 11.8. The Labute approximate surface area is 160 Å². The van der Waals surface area contributed by atoms with Crippen molar-refractivity contribution in [3.63, 3.8) is 0 Å². The van der Waals surface area contributed by atoms with Crippen molar-refractivity contribution in [2.45, 2.75) is 25.2 Å². The van der Waals surface area contributed by atoms with Crippen LogP contribution in [0.15, 0.2) is 58.2 Å². The molecule has 0 fully saturated rings. The lowest BCUT2D eigenvalue weighted by Crippen LogP contribution is -2.13. The number of hydrogen-bond acceptors (Lipinski definition) is 6. The van der Waals surface area contributed by atoms with Gasteiger partial charge in [-0.15, -0.1) is 10.2 Å². The summed E-state index contributed by atoms with van der Waals surface area (Å²) in [4.78, 5) is 12.0. The van der Waals surface area contributed by atoms with Crippen LogP contribution in [0.4, 0.5) is 10.1 Å². The number of anilines is 1. The van der Waals surface area contributed by atoms with Crippen LogP contribution in [0.2, 0.25) is 0 Å². The van der Waals surface area contributed by atoms with Gasteiger partial charge in [0.05, 0.1) is 5.75 Å². The molecule has 1 N–H and O–H groups in total. The maximum atomic E-state index is 12.9. The molecule has 3 aromatic rings. The number of benzene rings is 2. The molecule has 0 aliphatic heterocycles. The molecule has 8 heteroatoms. The number of amides is 1. The summed E-state index contributed by atoms with van der Waals surface area (Å²) >= 11 is 1.14. The van der Waals surface area contributed by atoms with E-state index in [1.54, 1.807) is 6.92 Å². The molecule has 6 nitrogen and oxygen atoms in total. The van der Waals surface area contributed by atoms with E-state index in [4.69, 9.17) is 9.15 Å². The largest absolute Gasteiger partial charge is 0.481 e. The third-order valence-electron chi connectivity index (χ3n) is 3.52. The summed E-state index contributed by atoms with van der Waals surface area (Å²) in [6.07, 6.45) is -0.501. The molecule has 0 bridgehead atoms. The fraction of sp³-hybridized carbons (Fsp3) is 0.211. The number of rotatable bonds is 7. The number of hydrogen-bond donors (Lipinski definition) is 1. The van der Waals surface area contributed by atoms with Crippen LogP contribution >= 0.6 is 11.8 Å². The number of nitrogens with one attached hydrogen (secondary N) is 1. The molecule has 0 saturated carbocycles. The molecule has 2 aromatic carbocycles. The van der Waals surface area contributed by atoms with E-state index in [1.807, 2.05) is 31.2 Å². The summed E-state index contributed by atoms with van der Waals surface area (Å²) in [7, 11) is 0. The van der Waals surface area contributed by atoms with E-state index in [0.29, 0.717) is 5.75 Å². The molecule has 0 aliphatic rings. The number of nitrogens with zero attached hydrogens (tertiary/aromatic N) is 2. The molecule has 1 amide bonds. The molecule has 27 heavy (non-hydrogen) atoms. The summed E-state index contributed by atoms with van der Waals surface area (Å²) < 4.78 is 24.1. The van der Waals surface area contributed by atoms with Crippen LogP contribution in [0.25, 0.3) is 0 Å². The van der Waals surface area contributed by atoms with Crippen molar-refractivity contribution in [2.75, 3.05) is 11.1 Å². The zero-order chi connectivity index (χ0) is 19.2. The van der Waals surface area contributed by atoms with E-state index < -0.39 is 6.10 Å². The summed E-state index contributed by atoms with van der Waals surface area (Å²) in [5, 5.41) is 10.9. The Morgan fingerprint density at radius 3 is 2.78 bits per heavy atom. The van der Waals surface area contributed by atoms with Gasteiger partial charge in [0.2, 0.25) is 5.91 Å². The van der Waals surface area contributed by atoms with Gasteiger partial charge in [-0.2, -0.15) is 0 Å². The Balaban J connectivity index is 1.51. The summed E-state index contributed by atoms with van der Waals surface area (Å²) in [5.74, 6) is 0.411. The van der Waals surface area contributed by atoms with Crippen molar-refractivity contribution < 1.29 is 18.3 Å². The van der Waals surface area contributed by atoms with Gasteiger partial charge in [0.25, 0.3) is 11.1 Å². The maximum Gasteiger partial charge on any atom is 0.277 e. The minimum Gasteiger partial charge on any atom is -0.481 e. The van der Waals surface area contributed by atoms with E-state index in [-0.39, 0.29) is 28.6 Å². The van der Waals surface area contributed by atoms with Crippen molar-refractivity contribution >= 4 is 23.4 Å². The molecule has 3 rings (SSSR count). The number of aromatic nitrogens is 2. The van der Waals surface area contributed by atoms with Crippen molar-refractivity contribution in [2.24, 2.45) is 0 Å². The molecular formula is C19H18FN3O3S. The number of halogens is 1. The number of carbonyl (C=O) groups is 1. The van der Waals surface area contributed by atoms with Crippen LogP contribution in [-0.4, -0.2) is 21.9 Å². The average molecular weight is 387 g/mol. The quantitative estimate of drug-likeness (QED) is 0.606. The lowest BCUT2D eigenvalue weighted by molar-refractivity contribution is -0.113. The van der Waals surface area contributed by atoms with Crippen LogP contribution in [-0.2, 0) is 4.79 Å². The molecule has 0 aliphatic carbocycles. The first-order chi connectivity index (χ1) is 13.0. The fourth-order valence-corrected chi connectivity index (χ4v) is 2.83. The predicted molar refractivity (Wildman–Crippen MR) is 100 cm³/mol. The van der Waals surface area contributed by atoms with Crippen molar-refractivity contribution in [1.29, 1.82) is 0 Å². The highest BCUT2D eigenvalue weighted by molar-refractivity contribution is 7.99. The Hall–Kier alpha value is -2.87. The second-order valence-electron chi connectivity index (χ2n) is 5.83. The van der Waals surface area contributed by atoms with E-state index in [9.17, 15) is 9.18 Å². The van der Waals surface area contributed by atoms with Gasteiger partial charge in [0, 0.05) is 5.69 Å². The number of thioether (sulfide) groups is 1. The SMILES string of the molecule is Cc1cccc(NC(=O)CSc2nnc([C@H](C)Oc3ccc(F)cc3)o2)c1. The minimum absolute atomic E-state index is 0.142. The van der Waals surface area contributed by atoms with Gasteiger partial charge in [0.1, 0.15) is 11.6 Å². The molecule has 0 spiro atoms. The van der Waals surface area contributed by atoms with E-state index >= 15 is 0 Å². The first kappa shape index (κ1) is 18.9. The second-order valence-corrected chi connectivity index (χ2v) is 6.75. The predicted octanol–water partition coefficient (Wildman–Crippen LogP) is 4.39. The van der Waals surface area contributed by atoms with Gasteiger partial charge >= 0.3 is 0 Å².